The summed E-state index contributed by atoms with van der Waals surface area (Å²) in [7, 11) is 0. The maximum absolute atomic E-state index is 6.11. The third kappa shape index (κ3) is 5.71. The van der Waals surface area contributed by atoms with Gasteiger partial charge in [0, 0.05) is 34.3 Å². The topological polar surface area (TPSA) is 26.5 Å². The number of fused-ring (bicyclic) bond motifs is 1. The summed E-state index contributed by atoms with van der Waals surface area (Å²) in [5, 5.41) is 1.18. The van der Waals surface area contributed by atoms with E-state index in [2.05, 4.69) is 107 Å². The van der Waals surface area contributed by atoms with Crippen LogP contribution in [0.15, 0.2) is 119 Å². The Balaban J connectivity index is 1.27. The maximum atomic E-state index is 6.11. The molecule has 1 aliphatic rings. The van der Waals surface area contributed by atoms with Crippen molar-refractivity contribution in [3.63, 3.8) is 0 Å². The van der Waals surface area contributed by atoms with E-state index in [1.807, 2.05) is 24.4 Å². The van der Waals surface area contributed by atoms with Crippen LogP contribution in [0, 0.1) is 0 Å². The summed E-state index contributed by atoms with van der Waals surface area (Å²) < 4.78 is 8.50. The number of nitrogens with zero attached hydrogens (tertiary/aromatic N) is 2. The van der Waals surface area contributed by atoms with E-state index in [-0.39, 0.29) is 0 Å². The van der Waals surface area contributed by atoms with Gasteiger partial charge in [0.2, 0.25) is 0 Å². The van der Waals surface area contributed by atoms with Crippen molar-refractivity contribution in [2.75, 3.05) is 5.88 Å². The largest absolute Gasteiger partial charge is 0.489 e. The van der Waals surface area contributed by atoms with Crippen LogP contribution in [-0.2, 0) is 19.6 Å². The Morgan fingerprint density at radius 3 is 2.19 bits per heavy atom. The van der Waals surface area contributed by atoms with Crippen LogP contribution < -0.4 is 4.74 Å². The second-order valence-electron chi connectivity index (χ2n) is 9.26. The second kappa shape index (κ2) is 10.9. The second-order valence-corrected chi connectivity index (χ2v) is 10.3. The number of benzene rings is 4. The van der Waals surface area contributed by atoms with Crippen LogP contribution in [0.2, 0.25) is 0 Å². The molecule has 0 aliphatic carbocycles. The number of aromatic nitrogens is 1. The Morgan fingerprint density at radius 1 is 0.757 bits per heavy atom. The summed E-state index contributed by atoms with van der Waals surface area (Å²) in [6.07, 6.45) is 5.17. The Bertz CT molecular complexity index is 1550. The Labute approximate surface area is 222 Å². The van der Waals surface area contributed by atoms with E-state index in [0.717, 1.165) is 24.6 Å². The number of rotatable bonds is 8. The summed E-state index contributed by atoms with van der Waals surface area (Å²) in [6.45, 7) is 1.37. The van der Waals surface area contributed by atoms with Gasteiger partial charge in [-0.25, -0.2) is 0 Å². The molecule has 0 bridgehead atoms. The van der Waals surface area contributed by atoms with Gasteiger partial charge in [-0.2, -0.15) is 0 Å². The SMILES string of the molecule is C1=NCS/C1=C/c1cc2cc(OCc3ccccc3)ccc2n1Cc1ccc(Cc2ccccc2)cc1. The van der Waals surface area contributed by atoms with Crippen molar-refractivity contribution in [3.8, 4) is 5.75 Å². The zero-order chi connectivity index (χ0) is 24.9. The van der Waals surface area contributed by atoms with Gasteiger partial charge in [-0.05, 0) is 59.0 Å². The predicted molar refractivity (Wildman–Crippen MR) is 156 cm³/mol. The normalized spacial score (nSPS) is 14.0. The predicted octanol–water partition coefficient (Wildman–Crippen LogP) is 7.98. The number of aliphatic imine (C=N–C) groups is 1. The Hall–Kier alpha value is -4.02. The van der Waals surface area contributed by atoms with Crippen LogP contribution in [0.3, 0.4) is 0 Å². The summed E-state index contributed by atoms with van der Waals surface area (Å²) in [4.78, 5) is 5.58. The van der Waals surface area contributed by atoms with Gasteiger partial charge in [0.1, 0.15) is 12.4 Å². The van der Waals surface area contributed by atoms with Crippen molar-refractivity contribution in [1.29, 1.82) is 0 Å². The molecule has 1 aliphatic heterocycles. The number of thioether (sulfide) groups is 1. The van der Waals surface area contributed by atoms with Gasteiger partial charge in [-0.15, -0.1) is 11.8 Å². The molecule has 5 aromatic rings. The van der Waals surface area contributed by atoms with Crippen molar-refractivity contribution in [1.82, 2.24) is 4.57 Å². The molecule has 1 aromatic heterocycles. The minimum absolute atomic E-state index is 0.562. The van der Waals surface area contributed by atoms with Crippen molar-refractivity contribution in [2.45, 2.75) is 19.6 Å². The summed E-state index contributed by atoms with van der Waals surface area (Å²) in [5.74, 6) is 1.68. The average molecular weight is 501 g/mol. The fraction of sp³-hybridized carbons (Fsp3) is 0.121. The molecule has 4 heteroatoms. The summed E-state index contributed by atoms with van der Waals surface area (Å²) >= 11 is 1.77. The Morgan fingerprint density at radius 2 is 1.46 bits per heavy atom. The van der Waals surface area contributed by atoms with Crippen LogP contribution in [-0.4, -0.2) is 16.7 Å². The first-order valence-electron chi connectivity index (χ1n) is 12.6. The molecule has 0 unspecified atom stereocenters. The van der Waals surface area contributed by atoms with Crippen LogP contribution in [0.5, 0.6) is 5.75 Å². The lowest BCUT2D eigenvalue weighted by atomic mass is 10.0. The van der Waals surface area contributed by atoms with Gasteiger partial charge in [0.15, 0.2) is 0 Å². The fourth-order valence-electron chi connectivity index (χ4n) is 4.67. The van der Waals surface area contributed by atoms with E-state index in [4.69, 9.17) is 4.74 Å². The highest BCUT2D eigenvalue weighted by Crippen LogP contribution is 2.30. The monoisotopic (exact) mass is 500 g/mol. The zero-order valence-corrected chi connectivity index (χ0v) is 21.4. The fourth-order valence-corrected chi connectivity index (χ4v) is 5.33. The van der Waals surface area contributed by atoms with Gasteiger partial charge in [0.05, 0.1) is 5.88 Å². The number of hydrogen-bond acceptors (Lipinski definition) is 3. The molecule has 0 saturated heterocycles. The third-order valence-electron chi connectivity index (χ3n) is 6.58. The van der Waals surface area contributed by atoms with Gasteiger partial charge >= 0.3 is 0 Å². The minimum Gasteiger partial charge on any atom is -0.489 e. The highest BCUT2D eigenvalue weighted by Gasteiger charge is 2.12. The molecule has 0 saturated carbocycles. The van der Waals surface area contributed by atoms with Crippen molar-refractivity contribution >= 4 is 35.0 Å². The van der Waals surface area contributed by atoms with Crippen LogP contribution in [0.1, 0.15) is 27.9 Å². The lowest BCUT2D eigenvalue weighted by molar-refractivity contribution is 0.306. The minimum atomic E-state index is 0.562. The molecule has 0 N–H and O–H groups in total. The highest BCUT2D eigenvalue weighted by atomic mass is 32.2. The standard InChI is InChI=1S/C33H28N2OS/c1-3-7-25(8-4-1)17-26-11-13-27(14-12-26)22-35-30(20-32-21-34-24-37-32)18-29-19-31(15-16-33(29)35)36-23-28-9-5-2-6-10-28/h1-16,18-21H,17,22-24H2/b32-20+. The van der Waals surface area contributed by atoms with E-state index >= 15 is 0 Å². The summed E-state index contributed by atoms with van der Waals surface area (Å²) in [5.41, 5.74) is 7.49. The molecule has 6 rings (SSSR count). The van der Waals surface area contributed by atoms with Crippen molar-refractivity contribution < 1.29 is 4.74 Å². The number of allylic oxidation sites excluding steroid dienone is 1. The molecular weight excluding hydrogens is 472 g/mol. The van der Waals surface area contributed by atoms with Crippen LogP contribution in [0.4, 0.5) is 0 Å². The van der Waals surface area contributed by atoms with E-state index in [1.165, 1.54) is 43.8 Å². The number of ether oxygens (including phenoxy) is 1. The van der Waals surface area contributed by atoms with Gasteiger partial charge < -0.3 is 9.30 Å². The lowest BCUT2D eigenvalue weighted by Gasteiger charge is -2.11. The van der Waals surface area contributed by atoms with Gasteiger partial charge in [-0.3, -0.25) is 4.99 Å². The number of hydrogen-bond donors (Lipinski definition) is 0. The van der Waals surface area contributed by atoms with E-state index in [1.54, 1.807) is 11.8 Å². The zero-order valence-electron chi connectivity index (χ0n) is 20.6. The van der Waals surface area contributed by atoms with Gasteiger partial charge in [0.25, 0.3) is 0 Å². The smallest absolute Gasteiger partial charge is 0.120 e. The van der Waals surface area contributed by atoms with E-state index < -0.39 is 0 Å². The molecule has 182 valence electrons. The van der Waals surface area contributed by atoms with Crippen LogP contribution >= 0.6 is 11.8 Å². The molecule has 0 spiro atoms. The van der Waals surface area contributed by atoms with Crippen LogP contribution in [0.25, 0.3) is 17.0 Å². The van der Waals surface area contributed by atoms with Crippen molar-refractivity contribution in [2.24, 2.45) is 4.99 Å². The highest BCUT2D eigenvalue weighted by molar-refractivity contribution is 8.04. The molecule has 0 radical (unpaired) electrons. The lowest BCUT2D eigenvalue weighted by Crippen LogP contribution is -2.02. The molecular formula is C33H28N2OS. The molecule has 3 nitrogen and oxygen atoms in total. The molecule has 0 fully saturated rings. The first kappa shape index (κ1) is 23.4. The Kier molecular flexibility index (Phi) is 6.91. The quantitative estimate of drug-likeness (QED) is 0.216. The summed E-state index contributed by atoms with van der Waals surface area (Å²) in [6, 6.07) is 38.6. The third-order valence-corrected chi connectivity index (χ3v) is 7.42. The first-order valence-corrected chi connectivity index (χ1v) is 13.5. The van der Waals surface area contributed by atoms with Crippen molar-refractivity contribution in [3.05, 3.63) is 142 Å². The van der Waals surface area contributed by atoms with E-state index in [9.17, 15) is 0 Å². The molecule has 37 heavy (non-hydrogen) atoms. The molecule has 0 atom stereocenters. The molecule has 4 aromatic carbocycles. The van der Waals surface area contributed by atoms with Gasteiger partial charge in [-0.1, -0.05) is 84.9 Å². The first-order chi connectivity index (χ1) is 18.3. The van der Waals surface area contributed by atoms with E-state index in [0.29, 0.717) is 6.61 Å². The molecule has 2 heterocycles. The molecule has 0 amide bonds. The average Bonchev–Trinajstić information content (AvgIpc) is 3.57. The maximum Gasteiger partial charge on any atom is 0.120 e.